The molecule has 0 radical (unpaired) electrons. The number of aliphatic hydroxyl groups is 1. The van der Waals surface area contributed by atoms with Crippen LogP contribution < -0.4 is 0 Å². The highest BCUT2D eigenvalue weighted by atomic mass is 16.3. The predicted molar refractivity (Wildman–Crippen MR) is 117 cm³/mol. The van der Waals surface area contributed by atoms with E-state index in [1.165, 1.54) is 58.0 Å². The van der Waals surface area contributed by atoms with Crippen LogP contribution in [-0.2, 0) is 4.79 Å². The molecule has 164 valence electrons. The van der Waals surface area contributed by atoms with Gasteiger partial charge in [-0.2, -0.15) is 0 Å². The highest BCUT2D eigenvalue weighted by Gasteiger charge is 2.64. The van der Waals surface area contributed by atoms with Gasteiger partial charge in [-0.15, -0.1) is 0 Å². The van der Waals surface area contributed by atoms with Gasteiger partial charge in [0.2, 0.25) is 0 Å². The van der Waals surface area contributed by atoms with E-state index >= 15 is 0 Å². The molecule has 4 aliphatic carbocycles. The van der Waals surface area contributed by atoms with E-state index in [0.29, 0.717) is 17.1 Å². The Hall–Kier alpha value is -0.410. The van der Waals surface area contributed by atoms with E-state index in [4.69, 9.17) is 0 Å². The predicted octanol–water partition coefficient (Wildman–Crippen LogP) is 5.06. The molecule has 0 aromatic carbocycles. The Balaban J connectivity index is 1.37. The van der Waals surface area contributed by atoms with E-state index in [1.54, 1.807) is 0 Å². The molecule has 0 aromatic heterocycles. The fourth-order valence-corrected chi connectivity index (χ4v) is 9.16. The molecule has 0 unspecified atom stereocenters. The van der Waals surface area contributed by atoms with Crippen LogP contribution in [0.3, 0.4) is 0 Å². The average Bonchev–Trinajstić information content (AvgIpc) is 2.95. The second kappa shape index (κ2) is 7.05. The Morgan fingerprint density at radius 3 is 2.48 bits per heavy atom. The first-order valence-electron chi connectivity index (χ1n) is 12.7. The Kier molecular flexibility index (Phi) is 4.98. The first-order valence-corrected chi connectivity index (χ1v) is 12.7. The highest BCUT2D eigenvalue weighted by Crippen LogP contribution is 2.69. The normalized spacial score (nSPS) is 53.2. The maximum absolute atomic E-state index is 13.6. The van der Waals surface area contributed by atoms with Gasteiger partial charge in [0.1, 0.15) is 5.78 Å². The highest BCUT2D eigenvalue weighted by molar-refractivity contribution is 5.89. The Morgan fingerprint density at radius 1 is 0.966 bits per heavy atom. The maximum atomic E-state index is 13.6. The van der Waals surface area contributed by atoms with Crippen molar-refractivity contribution in [2.75, 3.05) is 19.6 Å². The van der Waals surface area contributed by atoms with Gasteiger partial charge in [0.25, 0.3) is 0 Å². The fraction of sp³-hybridized carbons (Fsp3) is 0.962. The lowest BCUT2D eigenvalue weighted by atomic mass is 9.40. The van der Waals surface area contributed by atoms with E-state index in [0.717, 1.165) is 44.1 Å². The smallest absolute Gasteiger partial charge is 0.143 e. The maximum Gasteiger partial charge on any atom is 0.143 e. The number of Topliss-reactive ketones (excluding diaryl/α,β-unsaturated/α-hetero) is 1. The van der Waals surface area contributed by atoms with Gasteiger partial charge >= 0.3 is 0 Å². The van der Waals surface area contributed by atoms with Crippen molar-refractivity contribution >= 4 is 5.78 Å². The summed E-state index contributed by atoms with van der Waals surface area (Å²) in [7, 11) is 0. The van der Waals surface area contributed by atoms with Crippen LogP contribution in [0.4, 0.5) is 0 Å². The van der Waals surface area contributed by atoms with Crippen molar-refractivity contribution in [2.24, 2.45) is 39.9 Å². The number of piperidine rings is 1. The third-order valence-electron chi connectivity index (χ3n) is 11.1. The first-order chi connectivity index (χ1) is 13.8. The number of likely N-dealkylation sites (tertiary alicyclic amines) is 1. The second-order valence-electron chi connectivity index (χ2n) is 12.4. The van der Waals surface area contributed by atoms with Crippen LogP contribution in [-0.4, -0.2) is 41.5 Å². The van der Waals surface area contributed by atoms with E-state index in [1.807, 2.05) is 0 Å². The summed E-state index contributed by atoms with van der Waals surface area (Å²) in [6.45, 7) is 10.8. The minimum atomic E-state index is -0.0968. The van der Waals surface area contributed by atoms with Gasteiger partial charge in [0, 0.05) is 17.9 Å². The van der Waals surface area contributed by atoms with Gasteiger partial charge in [-0.05, 0) is 106 Å². The number of carbonyl (C=O) groups is 1. The van der Waals surface area contributed by atoms with Gasteiger partial charge in [-0.25, -0.2) is 0 Å². The molecule has 8 atom stereocenters. The summed E-state index contributed by atoms with van der Waals surface area (Å²) in [6, 6.07) is 0. The number of carbonyl (C=O) groups excluding carboxylic acids is 1. The Bertz CT molecular complexity index is 657. The monoisotopic (exact) mass is 401 g/mol. The summed E-state index contributed by atoms with van der Waals surface area (Å²) in [4.78, 5) is 16.2. The van der Waals surface area contributed by atoms with E-state index in [-0.39, 0.29) is 22.9 Å². The standard InChI is InChI=1S/C26H43NO2/c1-24-10-8-20-21(26(24,3)12-7-19(28)16-24)9-11-25(2)22(20)15-18(23(25)29)17-27-13-5-4-6-14-27/h18-22,28H,4-17H2,1-3H3/t18-,19+,20-,21+,22+,24+,25+,26-/m1/s1. The van der Waals surface area contributed by atoms with Gasteiger partial charge in [0.15, 0.2) is 0 Å². The number of rotatable bonds is 2. The molecule has 4 saturated carbocycles. The summed E-state index contributed by atoms with van der Waals surface area (Å²) in [6.07, 6.45) is 13.1. The Labute approximate surface area is 178 Å². The van der Waals surface area contributed by atoms with Gasteiger partial charge in [-0.1, -0.05) is 27.2 Å². The molecule has 29 heavy (non-hydrogen) atoms. The quantitative estimate of drug-likeness (QED) is 0.703. The lowest BCUT2D eigenvalue weighted by molar-refractivity contribution is -0.169. The summed E-state index contributed by atoms with van der Waals surface area (Å²) in [5, 5.41) is 10.4. The van der Waals surface area contributed by atoms with Crippen LogP contribution >= 0.6 is 0 Å². The van der Waals surface area contributed by atoms with Crippen LogP contribution in [0.25, 0.3) is 0 Å². The molecule has 0 aromatic rings. The zero-order valence-corrected chi connectivity index (χ0v) is 19.1. The van der Waals surface area contributed by atoms with Crippen molar-refractivity contribution in [3.05, 3.63) is 0 Å². The molecule has 1 heterocycles. The molecule has 3 heteroatoms. The van der Waals surface area contributed by atoms with E-state index in [2.05, 4.69) is 25.7 Å². The second-order valence-corrected chi connectivity index (χ2v) is 12.4. The molecule has 1 N–H and O–H groups in total. The number of hydrogen-bond acceptors (Lipinski definition) is 3. The fourth-order valence-electron chi connectivity index (χ4n) is 9.16. The van der Waals surface area contributed by atoms with E-state index in [9.17, 15) is 9.90 Å². The minimum Gasteiger partial charge on any atom is -0.393 e. The molecule has 1 saturated heterocycles. The first kappa shape index (κ1) is 20.5. The molecule has 1 aliphatic heterocycles. The summed E-state index contributed by atoms with van der Waals surface area (Å²) >= 11 is 0. The minimum absolute atomic E-state index is 0.0557. The third-order valence-corrected chi connectivity index (χ3v) is 11.1. The topological polar surface area (TPSA) is 40.5 Å². The number of ketones is 1. The van der Waals surface area contributed by atoms with Crippen molar-refractivity contribution in [2.45, 2.75) is 97.5 Å². The van der Waals surface area contributed by atoms with Crippen molar-refractivity contribution in [1.82, 2.24) is 4.90 Å². The van der Waals surface area contributed by atoms with Crippen molar-refractivity contribution in [3.8, 4) is 0 Å². The largest absolute Gasteiger partial charge is 0.393 e. The van der Waals surface area contributed by atoms with Crippen LogP contribution in [0.2, 0.25) is 0 Å². The van der Waals surface area contributed by atoms with Crippen molar-refractivity contribution in [1.29, 1.82) is 0 Å². The van der Waals surface area contributed by atoms with Gasteiger partial charge in [-0.3, -0.25) is 4.79 Å². The molecule has 3 nitrogen and oxygen atoms in total. The summed E-state index contributed by atoms with van der Waals surface area (Å²) < 4.78 is 0. The summed E-state index contributed by atoms with van der Waals surface area (Å²) in [5.41, 5.74) is 0.583. The SMILES string of the molecule is C[C@@]12CC[C@H]3[C@@H]4C[C@H](CN5CCCCC5)C(=O)[C@@]4(C)CC[C@@H]3[C@@]1(C)CC[C@H](O)C2. The van der Waals surface area contributed by atoms with Crippen molar-refractivity contribution in [3.63, 3.8) is 0 Å². The van der Waals surface area contributed by atoms with Crippen LogP contribution in [0.1, 0.15) is 91.4 Å². The number of hydrogen-bond donors (Lipinski definition) is 1. The zero-order valence-electron chi connectivity index (χ0n) is 19.1. The molecule has 5 aliphatic rings. The molecular weight excluding hydrogens is 358 g/mol. The van der Waals surface area contributed by atoms with Crippen LogP contribution in [0, 0.1) is 39.9 Å². The molecular formula is C26H43NO2. The molecule has 0 bridgehead atoms. The molecule has 0 amide bonds. The van der Waals surface area contributed by atoms with Crippen LogP contribution in [0.15, 0.2) is 0 Å². The Morgan fingerprint density at radius 2 is 1.72 bits per heavy atom. The van der Waals surface area contributed by atoms with Gasteiger partial charge in [0.05, 0.1) is 6.10 Å². The molecule has 5 fully saturated rings. The lowest BCUT2D eigenvalue weighted by Gasteiger charge is -2.64. The van der Waals surface area contributed by atoms with Gasteiger partial charge < -0.3 is 10.0 Å². The van der Waals surface area contributed by atoms with E-state index < -0.39 is 0 Å². The molecule has 0 spiro atoms. The van der Waals surface area contributed by atoms with Crippen LogP contribution in [0.5, 0.6) is 0 Å². The number of fused-ring (bicyclic) bond motifs is 5. The average molecular weight is 402 g/mol. The molecule has 5 rings (SSSR count). The van der Waals surface area contributed by atoms with Crippen molar-refractivity contribution < 1.29 is 9.90 Å². The lowest BCUT2D eigenvalue weighted by Crippen LogP contribution is -2.58. The third kappa shape index (κ3) is 3.00. The summed E-state index contributed by atoms with van der Waals surface area (Å²) in [5.74, 6) is 3.00. The number of nitrogens with zero attached hydrogens (tertiary/aromatic N) is 1. The zero-order chi connectivity index (χ0) is 20.4. The number of aliphatic hydroxyl groups excluding tert-OH is 1.